The zero-order valence-electron chi connectivity index (χ0n) is 11.6. The highest BCUT2D eigenvalue weighted by molar-refractivity contribution is 6.31. The van der Waals surface area contributed by atoms with Crippen LogP contribution < -0.4 is 5.32 Å². The van der Waals surface area contributed by atoms with Crippen molar-refractivity contribution in [3.63, 3.8) is 0 Å². The first-order valence-electron chi connectivity index (χ1n) is 6.46. The Morgan fingerprint density at radius 1 is 1.32 bits per heavy atom. The van der Waals surface area contributed by atoms with Crippen molar-refractivity contribution in [2.24, 2.45) is 0 Å². The average molecular weight is 289 g/mol. The fourth-order valence-corrected chi connectivity index (χ4v) is 2.01. The molecular weight excluding hydrogens is 267 g/mol. The van der Waals surface area contributed by atoms with Gasteiger partial charge >= 0.3 is 0 Å². The molecular formula is C14H22ClFN2O. The highest BCUT2D eigenvalue weighted by Gasteiger charge is 2.07. The van der Waals surface area contributed by atoms with Crippen molar-refractivity contribution in [1.29, 1.82) is 0 Å². The lowest BCUT2D eigenvalue weighted by Crippen LogP contribution is -2.32. The van der Waals surface area contributed by atoms with Gasteiger partial charge in [0.1, 0.15) is 5.82 Å². The second kappa shape index (κ2) is 9.26. The minimum atomic E-state index is -0.223. The van der Waals surface area contributed by atoms with Crippen molar-refractivity contribution in [2.75, 3.05) is 46.9 Å². The summed E-state index contributed by atoms with van der Waals surface area (Å²) < 4.78 is 18.5. The van der Waals surface area contributed by atoms with E-state index in [4.69, 9.17) is 16.3 Å². The van der Waals surface area contributed by atoms with Gasteiger partial charge in [0.2, 0.25) is 0 Å². The number of halogens is 2. The van der Waals surface area contributed by atoms with Crippen molar-refractivity contribution in [1.82, 2.24) is 10.2 Å². The first-order chi connectivity index (χ1) is 9.15. The second-order valence-corrected chi connectivity index (χ2v) is 4.90. The second-order valence-electron chi connectivity index (χ2n) is 4.50. The monoisotopic (exact) mass is 288 g/mol. The summed E-state index contributed by atoms with van der Waals surface area (Å²) in [6.07, 6.45) is 0.625. The quantitative estimate of drug-likeness (QED) is 0.705. The van der Waals surface area contributed by atoms with Crippen LogP contribution in [0.4, 0.5) is 4.39 Å². The molecule has 0 fully saturated rings. The topological polar surface area (TPSA) is 24.5 Å². The fraction of sp³-hybridized carbons (Fsp3) is 0.571. The van der Waals surface area contributed by atoms with Gasteiger partial charge in [-0.2, -0.15) is 0 Å². The van der Waals surface area contributed by atoms with E-state index < -0.39 is 0 Å². The van der Waals surface area contributed by atoms with Crippen LogP contribution in [0.3, 0.4) is 0 Å². The maximum atomic E-state index is 13.6. The van der Waals surface area contributed by atoms with Crippen molar-refractivity contribution in [2.45, 2.75) is 6.42 Å². The Morgan fingerprint density at radius 3 is 2.79 bits per heavy atom. The molecule has 3 nitrogen and oxygen atoms in total. The van der Waals surface area contributed by atoms with Crippen LogP contribution in [0.5, 0.6) is 0 Å². The third kappa shape index (κ3) is 6.34. The van der Waals surface area contributed by atoms with Crippen LogP contribution in [-0.4, -0.2) is 51.8 Å². The molecule has 1 rings (SSSR count). The van der Waals surface area contributed by atoms with Gasteiger partial charge < -0.3 is 15.0 Å². The van der Waals surface area contributed by atoms with Gasteiger partial charge in [-0.15, -0.1) is 0 Å². The number of nitrogens with zero attached hydrogens (tertiary/aromatic N) is 1. The standard InChI is InChI=1S/C14H22ClFN2O/c1-18(10-7-17-8-11-19-2)9-6-12-13(15)4-3-5-14(12)16/h3-5,17H,6-11H2,1-2H3. The largest absolute Gasteiger partial charge is 0.383 e. The molecule has 1 aromatic rings. The normalized spacial score (nSPS) is 11.2. The maximum absolute atomic E-state index is 13.6. The van der Waals surface area contributed by atoms with Gasteiger partial charge in [-0.1, -0.05) is 17.7 Å². The maximum Gasteiger partial charge on any atom is 0.127 e. The lowest BCUT2D eigenvalue weighted by Gasteiger charge is -2.17. The Hall–Kier alpha value is -0.680. The van der Waals surface area contributed by atoms with Crippen molar-refractivity contribution in [3.05, 3.63) is 34.6 Å². The number of rotatable bonds is 9. The lowest BCUT2D eigenvalue weighted by molar-refractivity contribution is 0.198. The van der Waals surface area contributed by atoms with Gasteiger partial charge in [0.25, 0.3) is 0 Å². The van der Waals surface area contributed by atoms with Crippen molar-refractivity contribution >= 4 is 11.6 Å². The summed E-state index contributed by atoms with van der Waals surface area (Å²) in [5.41, 5.74) is 0.600. The molecule has 108 valence electrons. The first kappa shape index (κ1) is 16.4. The predicted octanol–water partition coefficient (Wildman–Crippen LogP) is 2.19. The summed E-state index contributed by atoms with van der Waals surface area (Å²) in [5, 5.41) is 3.78. The van der Waals surface area contributed by atoms with E-state index in [1.54, 1.807) is 19.2 Å². The molecule has 0 saturated carbocycles. The van der Waals surface area contributed by atoms with E-state index in [0.29, 0.717) is 23.6 Å². The van der Waals surface area contributed by atoms with Gasteiger partial charge in [-0.3, -0.25) is 0 Å². The van der Waals surface area contributed by atoms with Crippen LogP contribution >= 0.6 is 11.6 Å². The Bertz CT molecular complexity index is 356. The third-order valence-corrected chi connectivity index (χ3v) is 3.31. The summed E-state index contributed by atoms with van der Waals surface area (Å²) in [4.78, 5) is 2.16. The molecule has 5 heteroatoms. The Morgan fingerprint density at radius 2 is 2.11 bits per heavy atom. The van der Waals surface area contributed by atoms with Crippen LogP contribution in [0.15, 0.2) is 18.2 Å². The molecule has 0 radical (unpaired) electrons. The molecule has 1 N–H and O–H groups in total. The molecule has 0 saturated heterocycles. The van der Waals surface area contributed by atoms with Gasteiger partial charge in [0.05, 0.1) is 6.61 Å². The molecule has 0 aliphatic carbocycles. The summed E-state index contributed by atoms with van der Waals surface area (Å²) in [7, 11) is 3.71. The van der Waals surface area contributed by atoms with E-state index >= 15 is 0 Å². The zero-order chi connectivity index (χ0) is 14.1. The van der Waals surface area contributed by atoms with E-state index in [1.807, 2.05) is 7.05 Å². The molecule has 0 aromatic heterocycles. The zero-order valence-corrected chi connectivity index (χ0v) is 12.3. The van der Waals surface area contributed by atoms with E-state index in [1.165, 1.54) is 6.07 Å². The van der Waals surface area contributed by atoms with Crippen LogP contribution in [0, 0.1) is 5.82 Å². The molecule has 0 aliphatic heterocycles. The SMILES string of the molecule is COCCNCCN(C)CCc1c(F)cccc1Cl. The number of benzene rings is 1. The number of ether oxygens (including phenoxy) is 1. The predicted molar refractivity (Wildman–Crippen MR) is 77.4 cm³/mol. The first-order valence-corrected chi connectivity index (χ1v) is 6.84. The third-order valence-electron chi connectivity index (χ3n) is 2.96. The molecule has 0 bridgehead atoms. The van der Waals surface area contributed by atoms with Crippen molar-refractivity contribution < 1.29 is 9.13 Å². The van der Waals surface area contributed by atoms with E-state index in [0.717, 1.165) is 26.2 Å². The van der Waals surface area contributed by atoms with Crippen LogP contribution in [-0.2, 0) is 11.2 Å². The Kier molecular flexibility index (Phi) is 7.98. The highest BCUT2D eigenvalue weighted by Crippen LogP contribution is 2.19. The molecule has 0 unspecified atom stereocenters. The van der Waals surface area contributed by atoms with Gasteiger partial charge in [-0.05, 0) is 25.6 Å². The number of nitrogens with one attached hydrogen (secondary N) is 1. The van der Waals surface area contributed by atoms with Crippen LogP contribution in [0.2, 0.25) is 5.02 Å². The molecule has 0 atom stereocenters. The molecule has 0 spiro atoms. The lowest BCUT2D eigenvalue weighted by atomic mass is 10.1. The van der Waals surface area contributed by atoms with Gasteiger partial charge in [-0.25, -0.2) is 4.39 Å². The molecule has 1 aromatic carbocycles. The average Bonchev–Trinajstić information content (AvgIpc) is 2.38. The minimum Gasteiger partial charge on any atom is -0.383 e. The molecule has 0 heterocycles. The summed E-state index contributed by atoms with van der Waals surface area (Å²) in [6.45, 7) is 4.16. The van der Waals surface area contributed by atoms with Crippen LogP contribution in [0.25, 0.3) is 0 Å². The Balaban J connectivity index is 2.24. The van der Waals surface area contributed by atoms with E-state index in [2.05, 4.69) is 10.2 Å². The van der Waals surface area contributed by atoms with E-state index in [-0.39, 0.29) is 5.82 Å². The van der Waals surface area contributed by atoms with Crippen molar-refractivity contribution in [3.8, 4) is 0 Å². The summed E-state index contributed by atoms with van der Waals surface area (Å²) >= 11 is 5.99. The number of methoxy groups -OCH3 is 1. The Labute approximate surface area is 119 Å². The highest BCUT2D eigenvalue weighted by atomic mass is 35.5. The van der Waals surface area contributed by atoms with Gasteiger partial charge in [0.15, 0.2) is 0 Å². The number of hydrogen-bond acceptors (Lipinski definition) is 3. The smallest absolute Gasteiger partial charge is 0.127 e. The van der Waals surface area contributed by atoms with Gasteiger partial charge in [0, 0.05) is 43.9 Å². The van der Waals surface area contributed by atoms with Crippen LogP contribution in [0.1, 0.15) is 5.56 Å². The molecule has 0 aliphatic rings. The van der Waals surface area contributed by atoms with E-state index in [9.17, 15) is 4.39 Å². The number of likely N-dealkylation sites (N-methyl/N-ethyl adjacent to an activating group) is 1. The fourth-order valence-electron chi connectivity index (χ4n) is 1.75. The molecule has 19 heavy (non-hydrogen) atoms. The minimum absolute atomic E-state index is 0.223. The summed E-state index contributed by atoms with van der Waals surface area (Å²) in [5.74, 6) is -0.223. The molecule has 0 amide bonds. The summed E-state index contributed by atoms with van der Waals surface area (Å²) in [6, 6.07) is 4.81. The number of hydrogen-bond donors (Lipinski definition) is 1.